The quantitative estimate of drug-likeness (QED) is 0.194. The van der Waals surface area contributed by atoms with Crippen LogP contribution in [0.25, 0.3) is 32.8 Å². The van der Waals surface area contributed by atoms with Gasteiger partial charge in [-0.15, -0.1) is 0 Å². The van der Waals surface area contributed by atoms with Crippen molar-refractivity contribution < 1.29 is 14.6 Å². The third-order valence-electron chi connectivity index (χ3n) is 7.49. The first-order chi connectivity index (χ1) is 19.6. The first-order valence-electron chi connectivity index (χ1n) is 13.5. The molecule has 0 fully saturated rings. The fourth-order valence-corrected chi connectivity index (χ4v) is 5.65. The lowest BCUT2D eigenvalue weighted by atomic mass is 9.97. The summed E-state index contributed by atoms with van der Waals surface area (Å²) in [6.07, 6.45) is 4.76. The predicted octanol–water partition coefficient (Wildman–Crippen LogP) is 7.92. The van der Waals surface area contributed by atoms with Crippen LogP contribution >= 0.6 is 0 Å². The Kier molecular flexibility index (Phi) is 7.02. The van der Waals surface area contributed by atoms with E-state index in [0.29, 0.717) is 31.7 Å². The fraction of sp³-hybridized carbons (Fsp3) is 0.143. The monoisotopic (exact) mass is 526 g/mol. The van der Waals surface area contributed by atoms with Crippen molar-refractivity contribution in [2.75, 3.05) is 6.61 Å². The SMILES string of the molecule is Cc1ccccc1-c1cccc2c(CCCOc3cccc4ccccc34)c(C(=O)O)n(Cc3ccncc3)c12. The minimum atomic E-state index is -0.925. The first kappa shape index (κ1) is 25.4. The summed E-state index contributed by atoms with van der Waals surface area (Å²) >= 11 is 0. The second kappa shape index (κ2) is 11.1. The highest BCUT2D eigenvalue weighted by atomic mass is 16.5. The molecule has 0 aliphatic heterocycles. The molecule has 0 bridgehead atoms. The predicted molar refractivity (Wildman–Crippen MR) is 160 cm³/mol. The highest BCUT2D eigenvalue weighted by Crippen LogP contribution is 2.37. The van der Waals surface area contributed by atoms with Crippen molar-refractivity contribution in [3.8, 4) is 16.9 Å². The Balaban J connectivity index is 1.40. The van der Waals surface area contributed by atoms with Gasteiger partial charge in [0.25, 0.3) is 0 Å². The number of nitrogens with zero attached hydrogens (tertiary/aromatic N) is 2. The van der Waals surface area contributed by atoms with Crippen LogP contribution in [0.2, 0.25) is 0 Å². The molecule has 0 aliphatic carbocycles. The molecule has 0 aliphatic rings. The second-order valence-corrected chi connectivity index (χ2v) is 10.0. The van der Waals surface area contributed by atoms with E-state index in [2.05, 4.69) is 48.3 Å². The van der Waals surface area contributed by atoms with E-state index in [1.165, 1.54) is 0 Å². The number of hydrogen-bond donors (Lipinski definition) is 1. The molecule has 1 N–H and O–H groups in total. The molecule has 0 saturated heterocycles. The summed E-state index contributed by atoms with van der Waals surface area (Å²) < 4.78 is 8.17. The lowest BCUT2D eigenvalue weighted by Gasteiger charge is -2.13. The maximum absolute atomic E-state index is 12.9. The van der Waals surface area contributed by atoms with Crippen molar-refractivity contribution in [2.24, 2.45) is 0 Å². The summed E-state index contributed by atoms with van der Waals surface area (Å²) in [5.74, 6) is -0.0792. The second-order valence-electron chi connectivity index (χ2n) is 10.0. The molecule has 0 atom stereocenters. The van der Waals surface area contributed by atoms with Gasteiger partial charge in [-0.2, -0.15) is 0 Å². The Labute approximate surface area is 233 Å². The number of ether oxygens (including phenoxy) is 1. The third-order valence-corrected chi connectivity index (χ3v) is 7.49. The van der Waals surface area contributed by atoms with E-state index < -0.39 is 5.97 Å². The molecule has 40 heavy (non-hydrogen) atoms. The topological polar surface area (TPSA) is 64.3 Å². The smallest absolute Gasteiger partial charge is 0.352 e. The molecule has 5 nitrogen and oxygen atoms in total. The van der Waals surface area contributed by atoms with Crippen LogP contribution in [0, 0.1) is 6.92 Å². The lowest BCUT2D eigenvalue weighted by Crippen LogP contribution is -2.12. The molecule has 4 aromatic carbocycles. The summed E-state index contributed by atoms with van der Waals surface area (Å²) in [7, 11) is 0. The average Bonchev–Trinajstić information content (AvgIpc) is 3.29. The largest absolute Gasteiger partial charge is 0.493 e. The van der Waals surface area contributed by atoms with Crippen LogP contribution in [-0.2, 0) is 13.0 Å². The van der Waals surface area contributed by atoms with Gasteiger partial charge in [-0.1, -0.05) is 78.9 Å². The number of para-hydroxylation sites is 1. The number of aromatic nitrogens is 2. The van der Waals surface area contributed by atoms with E-state index >= 15 is 0 Å². The van der Waals surface area contributed by atoms with Crippen LogP contribution in [-0.4, -0.2) is 27.2 Å². The van der Waals surface area contributed by atoms with Crippen molar-refractivity contribution >= 4 is 27.6 Å². The van der Waals surface area contributed by atoms with Crippen molar-refractivity contribution in [1.82, 2.24) is 9.55 Å². The van der Waals surface area contributed by atoms with Crippen molar-refractivity contribution in [3.05, 3.63) is 132 Å². The Morgan fingerprint density at radius 2 is 1.52 bits per heavy atom. The summed E-state index contributed by atoms with van der Waals surface area (Å²) in [6, 6.07) is 32.5. The Bertz CT molecular complexity index is 1820. The first-order valence-corrected chi connectivity index (χ1v) is 13.5. The Morgan fingerprint density at radius 1 is 0.825 bits per heavy atom. The van der Waals surface area contributed by atoms with Crippen LogP contribution in [0.4, 0.5) is 0 Å². The number of hydrogen-bond acceptors (Lipinski definition) is 3. The summed E-state index contributed by atoms with van der Waals surface area (Å²) in [6.45, 7) is 3.02. The molecule has 2 heterocycles. The van der Waals surface area contributed by atoms with Crippen molar-refractivity contribution in [3.63, 3.8) is 0 Å². The minimum absolute atomic E-state index is 0.331. The number of carbonyl (C=O) groups is 1. The molecular weight excluding hydrogens is 496 g/mol. The maximum Gasteiger partial charge on any atom is 0.352 e. The van der Waals surface area contributed by atoms with Crippen molar-refractivity contribution in [2.45, 2.75) is 26.3 Å². The number of pyridine rings is 1. The van der Waals surface area contributed by atoms with Gasteiger partial charge < -0.3 is 14.4 Å². The minimum Gasteiger partial charge on any atom is -0.493 e. The van der Waals surface area contributed by atoms with E-state index in [-0.39, 0.29) is 0 Å². The molecule has 0 saturated carbocycles. The van der Waals surface area contributed by atoms with Gasteiger partial charge in [0.2, 0.25) is 0 Å². The average molecular weight is 527 g/mol. The van der Waals surface area contributed by atoms with Gasteiger partial charge in [-0.25, -0.2) is 4.79 Å². The molecule has 0 radical (unpaired) electrons. The molecule has 6 rings (SSSR count). The van der Waals surface area contributed by atoms with Gasteiger partial charge in [0.1, 0.15) is 11.4 Å². The molecule has 6 aromatic rings. The molecular formula is C35H30N2O3. The molecule has 0 spiro atoms. The van der Waals surface area contributed by atoms with Crippen LogP contribution in [0.3, 0.4) is 0 Å². The lowest BCUT2D eigenvalue weighted by molar-refractivity contribution is 0.0685. The van der Waals surface area contributed by atoms with Gasteiger partial charge in [-0.05, 0) is 65.6 Å². The molecule has 5 heteroatoms. The van der Waals surface area contributed by atoms with E-state index in [9.17, 15) is 9.90 Å². The van der Waals surface area contributed by atoms with Gasteiger partial charge in [-0.3, -0.25) is 4.98 Å². The normalized spacial score (nSPS) is 11.2. The Hall–Kier alpha value is -4.90. The zero-order valence-electron chi connectivity index (χ0n) is 22.4. The summed E-state index contributed by atoms with van der Waals surface area (Å²) in [5.41, 5.74) is 6.39. The standard InChI is InChI=1S/C35H30N2O3/c1-24-9-2-4-12-27(24)29-14-7-15-30-31(16-8-22-40-32-17-6-11-26-10-3-5-13-28(26)32)34(35(38)39)37(33(29)30)23-25-18-20-36-21-19-25/h2-7,9-15,17-21H,8,16,22-23H2,1H3,(H,38,39). The molecule has 198 valence electrons. The van der Waals surface area contributed by atoms with Gasteiger partial charge in [0, 0.05) is 35.3 Å². The molecule has 0 unspecified atom stereocenters. The number of aryl methyl sites for hydroxylation is 2. The number of rotatable bonds is 9. The highest BCUT2D eigenvalue weighted by molar-refractivity contribution is 6.04. The van der Waals surface area contributed by atoms with E-state index in [0.717, 1.165) is 55.2 Å². The number of fused-ring (bicyclic) bond motifs is 2. The summed E-state index contributed by atoms with van der Waals surface area (Å²) in [5, 5.41) is 13.7. The number of carboxylic acids is 1. The van der Waals surface area contributed by atoms with Gasteiger partial charge >= 0.3 is 5.97 Å². The van der Waals surface area contributed by atoms with E-state index in [1.807, 2.05) is 65.2 Å². The highest BCUT2D eigenvalue weighted by Gasteiger charge is 2.25. The van der Waals surface area contributed by atoms with Gasteiger partial charge in [0.15, 0.2) is 0 Å². The fourth-order valence-electron chi connectivity index (χ4n) is 5.65. The van der Waals surface area contributed by atoms with Crippen LogP contribution < -0.4 is 4.74 Å². The molecule has 0 amide bonds. The van der Waals surface area contributed by atoms with Crippen molar-refractivity contribution in [1.29, 1.82) is 0 Å². The van der Waals surface area contributed by atoms with E-state index in [4.69, 9.17) is 4.74 Å². The summed E-state index contributed by atoms with van der Waals surface area (Å²) in [4.78, 5) is 17.0. The zero-order valence-corrected chi connectivity index (χ0v) is 22.4. The zero-order chi connectivity index (χ0) is 27.5. The number of benzene rings is 4. The molecule has 2 aromatic heterocycles. The van der Waals surface area contributed by atoms with Crippen LogP contribution in [0.5, 0.6) is 5.75 Å². The number of carboxylic acid groups (broad SMARTS) is 1. The van der Waals surface area contributed by atoms with Gasteiger partial charge in [0.05, 0.1) is 12.1 Å². The maximum atomic E-state index is 12.9. The third kappa shape index (κ3) is 4.82. The van der Waals surface area contributed by atoms with Crippen LogP contribution in [0.1, 0.15) is 33.6 Å². The number of aromatic carboxylic acids is 1. The van der Waals surface area contributed by atoms with Crippen LogP contribution in [0.15, 0.2) is 109 Å². The Morgan fingerprint density at radius 3 is 2.35 bits per heavy atom. The van der Waals surface area contributed by atoms with E-state index in [1.54, 1.807) is 12.4 Å².